The maximum atomic E-state index is 2.37. The molecule has 0 saturated carbocycles. The molecule has 0 unspecified atom stereocenters. The van der Waals surface area contributed by atoms with Gasteiger partial charge in [0, 0.05) is 0 Å². The standard InChI is InChI=1S/C16H24/c1-4-5-13-16(2,3)14-9-12-15-10-7-6-8-11-15/h6-11,14H,4-5,12-13H2,1-3H3. The van der Waals surface area contributed by atoms with Crippen molar-refractivity contribution >= 4 is 0 Å². The van der Waals surface area contributed by atoms with E-state index in [1.54, 1.807) is 0 Å². The molecule has 0 N–H and O–H groups in total. The molecule has 1 aromatic rings. The van der Waals surface area contributed by atoms with Gasteiger partial charge in [0.05, 0.1) is 0 Å². The van der Waals surface area contributed by atoms with E-state index in [0.29, 0.717) is 5.41 Å². The molecular formula is C16H24. The summed E-state index contributed by atoms with van der Waals surface area (Å²) in [5.41, 5.74) is 1.75. The van der Waals surface area contributed by atoms with Gasteiger partial charge in [-0.25, -0.2) is 0 Å². The molecule has 0 atom stereocenters. The molecule has 0 fully saturated rings. The Bertz CT molecular complexity index is 306. The van der Waals surface area contributed by atoms with Crippen LogP contribution in [0.5, 0.6) is 0 Å². The molecule has 0 radical (unpaired) electrons. The second kappa shape index (κ2) is 6.52. The van der Waals surface area contributed by atoms with Crippen molar-refractivity contribution in [3.8, 4) is 0 Å². The van der Waals surface area contributed by atoms with Gasteiger partial charge >= 0.3 is 0 Å². The molecule has 0 spiro atoms. The third-order valence-electron chi connectivity index (χ3n) is 2.94. The first-order valence-electron chi connectivity index (χ1n) is 6.36. The summed E-state index contributed by atoms with van der Waals surface area (Å²) in [5, 5.41) is 0. The fourth-order valence-corrected chi connectivity index (χ4v) is 1.84. The van der Waals surface area contributed by atoms with Gasteiger partial charge in [-0.3, -0.25) is 0 Å². The second-order valence-electron chi connectivity index (χ2n) is 5.18. The largest absolute Gasteiger partial charge is 0.0836 e. The summed E-state index contributed by atoms with van der Waals surface area (Å²) in [5.74, 6) is 0. The Morgan fingerprint density at radius 3 is 2.44 bits per heavy atom. The maximum Gasteiger partial charge on any atom is -0.00973 e. The maximum absolute atomic E-state index is 2.37. The van der Waals surface area contributed by atoms with Crippen LogP contribution in [-0.2, 0) is 6.42 Å². The molecule has 0 aliphatic rings. The molecule has 0 bridgehead atoms. The van der Waals surface area contributed by atoms with Crippen LogP contribution >= 0.6 is 0 Å². The van der Waals surface area contributed by atoms with E-state index in [4.69, 9.17) is 0 Å². The lowest BCUT2D eigenvalue weighted by molar-refractivity contribution is 0.418. The van der Waals surface area contributed by atoms with Crippen molar-refractivity contribution in [3.05, 3.63) is 48.0 Å². The van der Waals surface area contributed by atoms with Crippen LogP contribution in [0.2, 0.25) is 0 Å². The van der Waals surface area contributed by atoms with Crippen molar-refractivity contribution < 1.29 is 0 Å². The first-order chi connectivity index (χ1) is 7.64. The minimum Gasteiger partial charge on any atom is -0.0836 e. The van der Waals surface area contributed by atoms with Gasteiger partial charge < -0.3 is 0 Å². The fraction of sp³-hybridized carbons (Fsp3) is 0.500. The molecule has 0 saturated heterocycles. The van der Waals surface area contributed by atoms with Gasteiger partial charge in [-0.05, 0) is 23.8 Å². The molecule has 1 rings (SSSR count). The minimum atomic E-state index is 0.352. The Labute approximate surface area is 100 Å². The van der Waals surface area contributed by atoms with E-state index in [-0.39, 0.29) is 0 Å². The molecule has 88 valence electrons. The number of unbranched alkanes of at least 4 members (excludes halogenated alkanes) is 1. The monoisotopic (exact) mass is 216 g/mol. The highest BCUT2D eigenvalue weighted by molar-refractivity contribution is 5.17. The number of rotatable bonds is 6. The van der Waals surface area contributed by atoms with Crippen molar-refractivity contribution in [2.75, 3.05) is 0 Å². The average molecular weight is 216 g/mol. The van der Waals surface area contributed by atoms with Crippen molar-refractivity contribution in [3.63, 3.8) is 0 Å². The van der Waals surface area contributed by atoms with Crippen LogP contribution in [-0.4, -0.2) is 0 Å². The fourth-order valence-electron chi connectivity index (χ4n) is 1.84. The number of allylic oxidation sites excluding steroid dienone is 2. The van der Waals surface area contributed by atoms with Crippen LogP contribution in [0.25, 0.3) is 0 Å². The van der Waals surface area contributed by atoms with E-state index in [1.807, 2.05) is 0 Å². The van der Waals surface area contributed by atoms with E-state index in [1.165, 1.54) is 24.8 Å². The summed E-state index contributed by atoms with van der Waals surface area (Å²) in [4.78, 5) is 0. The van der Waals surface area contributed by atoms with E-state index in [9.17, 15) is 0 Å². The summed E-state index contributed by atoms with van der Waals surface area (Å²) >= 11 is 0. The van der Waals surface area contributed by atoms with Gasteiger partial charge in [0.2, 0.25) is 0 Å². The van der Waals surface area contributed by atoms with Crippen LogP contribution in [0.3, 0.4) is 0 Å². The van der Waals surface area contributed by atoms with Crippen LogP contribution in [0.4, 0.5) is 0 Å². The molecule has 0 aliphatic carbocycles. The highest BCUT2D eigenvalue weighted by Crippen LogP contribution is 2.24. The Kier molecular flexibility index (Phi) is 5.31. The lowest BCUT2D eigenvalue weighted by Gasteiger charge is -2.19. The highest BCUT2D eigenvalue weighted by atomic mass is 14.2. The molecule has 0 heteroatoms. The average Bonchev–Trinajstić information content (AvgIpc) is 2.28. The molecule has 0 aliphatic heterocycles. The SMILES string of the molecule is CCCCC(C)(C)C=CCc1ccccc1. The van der Waals surface area contributed by atoms with Gasteiger partial charge in [-0.1, -0.05) is 76.1 Å². The van der Waals surface area contributed by atoms with Gasteiger partial charge in [0.1, 0.15) is 0 Å². The Balaban J connectivity index is 2.42. The first-order valence-corrected chi connectivity index (χ1v) is 6.36. The quantitative estimate of drug-likeness (QED) is 0.587. The molecule has 16 heavy (non-hydrogen) atoms. The van der Waals surface area contributed by atoms with Gasteiger partial charge in [-0.15, -0.1) is 0 Å². The van der Waals surface area contributed by atoms with Crippen LogP contribution < -0.4 is 0 Å². The minimum absolute atomic E-state index is 0.352. The lowest BCUT2D eigenvalue weighted by Crippen LogP contribution is -2.06. The predicted octanol–water partition coefficient (Wildman–Crippen LogP) is 5.00. The lowest BCUT2D eigenvalue weighted by atomic mass is 9.86. The second-order valence-corrected chi connectivity index (χ2v) is 5.18. The topological polar surface area (TPSA) is 0 Å². The molecule has 0 amide bonds. The molecule has 0 heterocycles. The van der Waals surface area contributed by atoms with Gasteiger partial charge in [0.25, 0.3) is 0 Å². The van der Waals surface area contributed by atoms with Crippen LogP contribution in [0.1, 0.15) is 45.6 Å². The van der Waals surface area contributed by atoms with E-state index < -0.39 is 0 Å². The zero-order valence-electron chi connectivity index (χ0n) is 10.9. The zero-order valence-corrected chi connectivity index (χ0v) is 10.9. The summed E-state index contributed by atoms with van der Waals surface area (Å²) in [6.07, 6.45) is 9.63. The Morgan fingerprint density at radius 2 is 1.81 bits per heavy atom. The first kappa shape index (κ1) is 13.0. The smallest absolute Gasteiger partial charge is 0.00973 e. The van der Waals surface area contributed by atoms with Crippen molar-refractivity contribution in [2.24, 2.45) is 5.41 Å². The summed E-state index contributed by atoms with van der Waals surface area (Å²) in [6, 6.07) is 10.6. The molecule has 0 aromatic heterocycles. The molecular weight excluding hydrogens is 192 g/mol. The molecule has 1 aromatic carbocycles. The number of hydrogen-bond donors (Lipinski definition) is 0. The summed E-state index contributed by atoms with van der Waals surface area (Å²) < 4.78 is 0. The van der Waals surface area contributed by atoms with Crippen molar-refractivity contribution in [1.82, 2.24) is 0 Å². The zero-order chi connectivity index (χ0) is 11.9. The Morgan fingerprint density at radius 1 is 1.12 bits per heavy atom. The number of benzene rings is 1. The number of hydrogen-bond acceptors (Lipinski definition) is 0. The van der Waals surface area contributed by atoms with Gasteiger partial charge in [0.15, 0.2) is 0 Å². The Hall–Kier alpha value is -1.04. The van der Waals surface area contributed by atoms with E-state index in [2.05, 4.69) is 63.3 Å². The third-order valence-corrected chi connectivity index (χ3v) is 2.94. The normalized spacial score (nSPS) is 12.2. The van der Waals surface area contributed by atoms with Crippen molar-refractivity contribution in [1.29, 1.82) is 0 Å². The highest BCUT2D eigenvalue weighted by Gasteiger charge is 2.11. The summed E-state index contributed by atoms with van der Waals surface area (Å²) in [6.45, 7) is 6.90. The third kappa shape index (κ3) is 5.16. The van der Waals surface area contributed by atoms with Gasteiger partial charge in [-0.2, -0.15) is 0 Å². The molecule has 0 nitrogen and oxygen atoms in total. The predicted molar refractivity (Wildman–Crippen MR) is 72.6 cm³/mol. The van der Waals surface area contributed by atoms with Crippen molar-refractivity contribution in [2.45, 2.75) is 46.5 Å². The van der Waals surface area contributed by atoms with Crippen LogP contribution in [0, 0.1) is 5.41 Å². The van der Waals surface area contributed by atoms with E-state index in [0.717, 1.165) is 6.42 Å². The summed E-state index contributed by atoms with van der Waals surface area (Å²) in [7, 11) is 0. The van der Waals surface area contributed by atoms with E-state index >= 15 is 0 Å². The van der Waals surface area contributed by atoms with Crippen LogP contribution in [0.15, 0.2) is 42.5 Å².